The van der Waals surface area contributed by atoms with Crippen LogP contribution in [0.15, 0.2) is 12.1 Å². The minimum Gasteiger partial charge on any atom is -0.389 e. The van der Waals surface area contributed by atoms with Gasteiger partial charge in [-0.15, -0.1) is 11.3 Å². The Morgan fingerprint density at radius 1 is 1.44 bits per heavy atom. The summed E-state index contributed by atoms with van der Waals surface area (Å²) in [6, 6.07) is 4.53. The Morgan fingerprint density at radius 3 is 2.61 bits per heavy atom. The van der Waals surface area contributed by atoms with E-state index in [2.05, 4.69) is 31.0 Å². The van der Waals surface area contributed by atoms with Crippen LogP contribution in [0, 0.1) is 6.92 Å². The summed E-state index contributed by atoms with van der Waals surface area (Å²) in [4.78, 5) is 4.84. The van der Waals surface area contributed by atoms with Gasteiger partial charge in [0.15, 0.2) is 0 Å². The van der Waals surface area contributed by atoms with Crippen molar-refractivity contribution in [3.8, 4) is 0 Å². The van der Waals surface area contributed by atoms with E-state index in [0.717, 1.165) is 32.2 Å². The fraction of sp³-hybridized carbons (Fsp3) is 0.714. The van der Waals surface area contributed by atoms with E-state index in [9.17, 15) is 5.11 Å². The summed E-state index contributed by atoms with van der Waals surface area (Å²) in [6.07, 6.45) is 4.15. The monoisotopic (exact) mass is 268 g/mol. The van der Waals surface area contributed by atoms with Gasteiger partial charge in [0.1, 0.15) is 0 Å². The van der Waals surface area contributed by atoms with Crippen molar-refractivity contribution in [1.82, 2.24) is 4.90 Å². The van der Waals surface area contributed by atoms with Crippen LogP contribution in [0.2, 0.25) is 0 Å². The van der Waals surface area contributed by atoms with Gasteiger partial charge in [0.25, 0.3) is 0 Å². The van der Waals surface area contributed by atoms with Crippen molar-refractivity contribution in [3.05, 3.63) is 21.9 Å². The zero-order valence-corrected chi connectivity index (χ0v) is 12.2. The molecule has 3 N–H and O–H groups in total. The topological polar surface area (TPSA) is 49.5 Å². The normalized spacial score (nSPS) is 20.5. The molecule has 1 heterocycles. The van der Waals surface area contributed by atoms with Gasteiger partial charge in [0, 0.05) is 22.8 Å². The summed E-state index contributed by atoms with van der Waals surface area (Å²) >= 11 is 1.80. The van der Waals surface area contributed by atoms with Gasteiger partial charge in [-0.3, -0.25) is 4.90 Å². The van der Waals surface area contributed by atoms with Gasteiger partial charge >= 0.3 is 0 Å². The Morgan fingerprint density at radius 2 is 2.11 bits per heavy atom. The second kappa shape index (κ2) is 5.70. The summed E-state index contributed by atoms with van der Waals surface area (Å²) in [5, 5.41) is 10.5. The number of thiophene rings is 1. The molecule has 0 radical (unpaired) electrons. The van der Waals surface area contributed by atoms with E-state index in [1.54, 1.807) is 11.3 Å². The Balaban J connectivity index is 2.03. The molecular formula is C14H24N2OS. The number of likely N-dealkylation sites (N-methyl/N-ethyl adjacent to an activating group) is 1. The highest BCUT2D eigenvalue weighted by Gasteiger charge is 2.34. The molecule has 102 valence electrons. The zero-order valence-electron chi connectivity index (χ0n) is 11.4. The molecule has 4 heteroatoms. The Bertz CT molecular complexity index is 385. The van der Waals surface area contributed by atoms with E-state index in [0.29, 0.717) is 6.54 Å². The third-order valence-corrected chi connectivity index (χ3v) is 5.02. The van der Waals surface area contributed by atoms with Crippen LogP contribution in [0.4, 0.5) is 0 Å². The molecule has 1 aromatic rings. The molecule has 18 heavy (non-hydrogen) atoms. The molecule has 0 aromatic carbocycles. The number of nitrogens with zero attached hydrogens (tertiary/aromatic N) is 1. The lowest BCUT2D eigenvalue weighted by Gasteiger charge is -2.33. The maximum Gasteiger partial charge on any atom is 0.0774 e. The van der Waals surface area contributed by atoms with Gasteiger partial charge < -0.3 is 10.8 Å². The van der Waals surface area contributed by atoms with Crippen molar-refractivity contribution in [2.75, 3.05) is 20.1 Å². The van der Waals surface area contributed by atoms with Gasteiger partial charge in [-0.2, -0.15) is 0 Å². The van der Waals surface area contributed by atoms with Gasteiger partial charge in [-0.1, -0.05) is 12.8 Å². The zero-order chi connectivity index (χ0) is 13.2. The molecule has 0 bridgehead atoms. The average molecular weight is 268 g/mol. The van der Waals surface area contributed by atoms with Crippen LogP contribution >= 0.6 is 11.3 Å². The summed E-state index contributed by atoms with van der Waals surface area (Å²) in [7, 11) is 2.07. The molecule has 0 aliphatic heterocycles. The average Bonchev–Trinajstić information content (AvgIpc) is 2.89. The first-order valence-electron chi connectivity index (χ1n) is 6.73. The predicted octanol–water partition coefficient (Wildman–Crippen LogP) is 2.29. The van der Waals surface area contributed by atoms with Crippen LogP contribution in [-0.2, 0) is 0 Å². The predicted molar refractivity (Wildman–Crippen MR) is 76.9 cm³/mol. The molecule has 1 unspecified atom stereocenters. The Hall–Kier alpha value is -0.420. The molecule has 1 atom stereocenters. The molecule has 2 rings (SSSR count). The van der Waals surface area contributed by atoms with Crippen LogP contribution < -0.4 is 5.73 Å². The van der Waals surface area contributed by atoms with Gasteiger partial charge in [0.2, 0.25) is 0 Å². The molecule has 1 saturated carbocycles. The maximum atomic E-state index is 10.5. The first kappa shape index (κ1) is 14.0. The van der Waals surface area contributed by atoms with Crippen LogP contribution in [0.25, 0.3) is 0 Å². The lowest BCUT2D eigenvalue weighted by atomic mass is 10.0. The van der Waals surface area contributed by atoms with E-state index in [1.807, 2.05) is 0 Å². The van der Waals surface area contributed by atoms with Crippen LogP contribution in [0.3, 0.4) is 0 Å². The molecule has 1 aliphatic carbocycles. The highest BCUT2D eigenvalue weighted by Crippen LogP contribution is 2.33. The molecule has 0 spiro atoms. The van der Waals surface area contributed by atoms with E-state index >= 15 is 0 Å². The number of aryl methyl sites for hydroxylation is 1. The number of nitrogens with two attached hydrogens (primary N) is 1. The van der Waals surface area contributed by atoms with Gasteiger partial charge in [-0.05, 0) is 38.9 Å². The van der Waals surface area contributed by atoms with Gasteiger partial charge in [0.05, 0.1) is 11.6 Å². The molecule has 0 amide bonds. The van der Waals surface area contributed by atoms with E-state index in [1.165, 1.54) is 9.75 Å². The molecular weight excluding hydrogens is 244 g/mol. The number of rotatable bonds is 5. The molecule has 1 aromatic heterocycles. The third-order valence-electron chi connectivity index (χ3n) is 3.92. The molecule has 1 aliphatic rings. The van der Waals surface area contributed by atoms with E-state index in [-0.39, 0.29) is 6.04 Å². The highest BCUT2D eigenvalue weighted by atomic mass is 32.1. The van der Waals surface area contributed by atoms with Crippen molar-refractivity contribution in [2.24, 2.45) is 5.73 Å². The van der Waals surface area contributed by atoms with Gasteiger partial charge in [-0.25, -0.2) is 0 Å². The fourth-order valence-electron chi connectivity index (χ4n) is 2.91. The third kappa shape index (κ3) is 3.12. The molecule has 0 saturated heterocycles. The van der Waals surface area contributed by atoms with Crippen molar-refractivity contribution in [2.45, 2.75) is 44.2 Å². The summed E-state index contributed by atoms with van der Waals surface area (Å²) < 4.78 is 0. The Kier molecular flexibility index (Phi) is 4.43. The minimum absolute atomic E-state index is 0.230. The van der Waals surface area contributed by atoms with E-state index in [4.69, 9.17) is 5.73 Å². The molecule has 3 nitrogen and oxygen atoms in total. The summed E-state index contributed by atoms with van der Waals surface area (Å²) in [5.41, 5.74) is 5.42. The lowest BCUT2D eigenvalue weighted by Crippen LogP contribution is -2.42. The smallest absolute Gasteiger partial charge is 0.0774 e. The standard InChI is InChI=1S/C14H24N2OS/c1-11-5-6-13(18-11)12(9-15)16(2)10-14(17)7-3-4-8-14/h5-6,12,17H,3-4,7-10,15H2,1-2H3. The van der Waals surface area contributed by atoms with Crippen LogP contribution in [0.1, 0.15) is 41.5 Å². The Labute approximate surface area is 114 Å². The van der Waals surface area contributed by atoms with Crippen molar-refractivity contribution >= 4 is 11.3 Å². The van der Waals surface area contributed by atoms with Crippen molar-refractivity contribution in [1.29, 1.82) is 0 Å². The number of hydrogen-bond donors (Lipinski definition) is 2. The quantitative estimate of drug-likeness (QED) is 0.861. The second-order valence-electron chi connectivity index (χ2n) is 5.55. The first-order valence-corrected chi connectivity index (χ1v) is 7.55. The number of hydrogen-bond acceptors (Lipinski definition) is 4. The fourth-order valence-corrected chi connectivity index (χ4v) is 3.97. The van der Waals surface area contributed by atoms with Crippen molar-refractivity contribution < 1.29 is 5.11 Å². The SMILES string of the molecule is Cc1ccc(C(CN)N(C)CC2(O)CCCC2)s1. The first-order chi connectivity index (χ1) is 8.54. The van der Waals surface area contributed by atoms with E-state index < -0.39 is 5.60 Å². The lowest BCUT2D eigenvalue weighted by molar-refractivity contribution is 0.00630. The number of aliphatic hydroxyl groups is 1. The summed E-state index contributed by atoms with van der Waals surface area (Å²) in [5.74, 6) is 0. The maximum absolute atomic E-state index is 10.5. The second-order valence-corrected chi connectivity index (χ2v) is 6.87. The van der Waals surface area contributed by atoms with Crippen LogP contribution in [-0.4, -0.2) is 35.7 Å². The van der Waals surface area contributed by atoms with Crippen LogP contribution in [0.5, 0.6) is 0 Å². The minimum atomic E-state index is -0.492. The van der Waals surface area contributed by atoms with Crippen molar-refractivity contribution in [3.63, 3.8) is 0 Å². The summed E-state index contributed by atoms with van der Waals surface area (Å²) in [6.45, 7) is 3.45. The molecule has 1 fully saturated rings. The largest absolute Gasteiger partial charge is 0.389 e. The highest BCUT2D eigenvalue weighted by molar-refractivity contribution is 7.12.